The van der Waals surface area contributed by atoms with Gasteiger partial charge in [0.15, 0.2) is 0 Å². The minimum absolute atomic E-state index is 0.421. The molecule has 0 unspecified atom stereocenters. The van der Waals surface area contributed by atoms with Gasteiger partial charge in [0.05, 0.1) is 6.54 Å². The Morgan fingerprint density at radius 3 is 3.00 bits per heavy atom. The Labute approximate surface area is 92.5 Å². The van der Waals surface area contributed by atoms with Crippen molar-refractivity contribution < 1.29 is 0 Å². The fourth-order valence-corrected chi connectivity index (χ4v) is 2.55. The van der Waals surface area contributed by atoms with Crippen LogP contribution in [0.15, 0.2) is 22.2 Å². The van der Waals surface area contributed by atoms with Crippen LogP contribution in [0.3, 0.4) is 0 Å². The van der Waals surface area contributed by atoms with Gasteiger partial charge in [-0.25, -0.2) is 0 Å². The Morgan fingerprint density at radius 2 is 2.46 bits per heavy atom. The van der Waals surface area contributed by atoms with Crippen LogP contribution in [0, 0.1) is 0 Å². The normalized spacial score (nSPS) is 10.6. The van der Waals surface area contributed by atoms with Gasteiger partial charge in [0, 0.05) is 14.7 Å². The molecular weight excluding hydrogens is 274 g/mol. The number of nitrogens with zero attached hydrogens (tertiary/aromatic N) is 3. The van der Waals surface area contributed by atoms with Crippen LogP contribution in [-0.2, 0) is 6.54 Å². The van der Waals surface area contributed by atoms with E-state index >= 15 is 0 Å². The second kappa shape index (κ2) is 3.77. The minimum atomic E-state index is 0.421. The number of hydrogen-bond donors (Lipinski definition) is 0. The molecule has 0 bridgehead atoms. The summed E-state index contributed by atoms with van der Waals surface area (Å²) < 4.78 is 2.89. The van der Waals surface area contributed by atoms with Crippen LogP contribution in [0.4, 0.5) is 0 Å². The molecule has 2 heterocycles. The van der Waals surface area contributed by atoms with E-state index in [0.717, 1.165) is 11.0 Å². The summed E-state index contributed by atoms with van der Waals surface area (Å²) in [6.45, 7) is 0.724. The number of thiophene rings is 1. The molecule has 13 heavy (non-hydrogen) atoms. The molecule has 0 amide bonds. The fraction of sp³-hybridized carbons (Fsp3) is 0.143. The zero-order valence-corrected chi connectivity index (χ0v) is 9.60. The SMILES string of the molecule is Clc1nncn1Cc1cc(Br)cs1. The summed E-state index contributed by atoms with van der Waals surface area (Å²) in [6, 6.07) is 2.06. The van der Waals surface area contributed by atoms with E-state index in [1.807, 2.05) is 5.38 Å². The van der Waals surface area contributed by atoms with E-state index in [-0.39, 0.29) is 0 Å². The second-order valence-corrected chi connectivity index (χ2v) is 4.71. The summed E-state index contributed by atoms with van der Waals surface area (Å²) in [5, 5.41) is 9.85. The van der Waals surface area contributed by atoms with Gasteiger partial charge < -0.3 is 0 Å². The highest BCUT2D eigenvalue weighted by Gasteiger charge is 2.02. The van der Waals surface area contributed by atoms with Crippen LogP contribution in [0.25, 0.3) is 0 Å². The van der Waals surface area contributed by atoms with Gasteiger partial charge in [0.25, 0.3) is 0 Å². The van der Waals surface area contributed by atoms with E-state index < -0.39 is 0 Å². The Bertz CT molecular complexity index is 411. The van der Waals surface area contributed by atoms with Crippen molar-refractivity contribution in [3.8, 4) is 0 Å². The first-order valence-corrected chi connectivity index (χ1v) is 5.57. The molecule has 2 aromatic rings. The Kier molecular flexibility index (Phi) is 2.66. The highest BCUT2D eigenvalue weighted by atomic mass is 79.9. The summed E-state index contributed by atoms with van der Waals surface area (Å²) in [4.78, 5) is 1.22. The fourth-order valence-electron chi connectivity index (χ4n) is 0.952. The lowest BCUT2D eigenvalue weighted by Gasteiger charge is -1.97. The maximum absolute atomic E-state index is 5.78. The third-order valence-corrected chi connectivity index (χ3v) is 3.49. The summed E-state index contributed by atoms with van der Waals surface area (Å²) in [6.07, 6.45) is 1.62. The number of hydrogen-bond acceptors (Lipinski definition) is 3. The quantitative estimate of drug-likeness (QED) is 0.846. The van der Waals surface area contributed by atoms with Crippen molar-refractivity contribution in [2.45, 2.75) is 6.54 Å². The Morgan fingerprint density at radius 1 is 1.62 bits per heavy atom. The van der Waals surface area contributed by atoms with Crippen LogP contribution < -0.4 is 0 Å². The van der Waals surface area contributed by atoms with Crippen molar-refractivity contribution in [2.24, 2.45) is 0 Å². The molecule has 0 spiro atoms. The molecule has 0 N–H and O–H groups in total. The third kappa shape index (κ3) is 2.10. The first kappa shape index (κ1) is 9.18. The zero-order chi connectivity index (χ0) is 9.26. The van der Waals surface area contributed by atoms with E-state index in [2.05, 4.69) is 32.2 Å². The predicted octanol–water partition coefficient (Wildman–Crippen LogP) is 2.80. The van der Waals surface area contributed by atoms with Crippen molar-refractivity contribution in [3.63, 3.8) is 0 Å². The van der Waals surface area contributed by atoms with E-state index in [1.54, 1.807) is 22.2 Å². The van der Waals surface area contributed by atoms with Crippen LogP contribution in [0.5, 0.6) is 0 Å². The van der Waals surface area contributed by atoms with Gasteiger partial charge >= 0.3 is 0 Å². The molecular formula is C7H5BrClN3S. The zero-order valence-electron chi connectivity index (χ0n) is 6.44. The molecule has 0 saturated heterocycles. The Hall–Kier alpha value is -0.390. The minimum Gasteiger partial charge on any atom is -0.299 e. The monoisotopic (exact) mass is 277 g/mol. The maximum atomic E-state index is 5.78. The average molecular weight is 279 g/mol. The van der Waals surface area contributed by atoms with Gasteiger partial charge in [0.1, 0.15) is 6.33 Å². The molecule has 0 aliphatic carbocycles. The lowest BCUT2D eigenvalue weighted by molar-refractivity contribution is 0.807. The van der Waals surface area contributed by atoms with Crippen LogP contribution in [0.1, 0.15) is 4.88 Å². The van der Waals surface area contributed by atoms with Crippen molar-refractivity contribution in [3.05, 3.63) is 32.4 Å². The lowest BCUT2D eigenvalue weighted by Crippen LogP contribution is -1.95. The van der Waals surface area contributed by atoms with Crippen molar-refractivity contribution in [1.82, 2.24) is 14.8 Å². The summed E-state index contributed by atoms with van der Waals surface area (Å²) >= 11 is 10.8. The summed E-state index contributed by atoms with van der Waals surface area (Å²) in [5.41, 5.74) is 0. The van der Waals surface area contributed by atoms with Gasteiger partial charge in [-0.2, -0.15) is 0 Å². The average Bonchev–Trinajstić information content (AvgIpc) is 2.64. The summed E-state index contributed by atoms with van der Waals surface area (Å²) in [7, 11) is 0. The number of rotatable bonds is 2. The van der Waals surface area contributed by atoms with E-state index in [0.29, 0.717) is 5.28 Å². The van der Waals surface area contributed by atoms with Crippen molar-refractivity contribution in [2.75, 3.05) is 0 Å². The molecule has 6 heteroatoms. The largest absolute Gasteiger partial charge is 0.299 e. The molecule has 2 aromatic heterocycles. The molecule has 0 saturated carbocycles. The standard InChI is InChI=1S/C7H5BrClN3S/c8-5-1-6(13-3-5)2-12-4-10-11-7(12)9/h1,3-4H,2H2. The Balaban J connectivity index is 2.19. The molecule has 0 aromatic carbocycles. The molecule has 0 aliphatic rings. The third-order valence-electron chi connectivity index (χ3n) is 1.52. The molecule has 3 nitrogen and oxygen atoms in total. The molecule has 0 radical (unpaired) electrons. The molecule has 2 rings (SSSR count). The molecule has 0 atom stereocenters. The van der Waals surface area contributed by atoms with Crippen molar-refractivity contribution >= 4 is 38.9 Å². The first-order valence-electron chi connectivity index (χ1n) is 3.52. The maximum Gasteiger partial charge on any atom is 0.225 e. The van der Waals surface area contributed by atoms with Crippen LogP contribution in [-0.4, -0.2) is 14.8 Å². The predicted molar refractivity (Wildman–Crippen MR) is 56.2 cm³/mol. The molecule has 68 valence electrons. The van der Waals surface area contributed by atoms with Crippen LogP contribution in [0.2, 0.25) is 5.28 Å². The molecule has 0 aliphatic heterocycles. The number of halogens is 2. The van der Waals surface area contributed by atoms with Crippen LogP contribution >= 0.6 is 38.9 Å². The number of aromatic nitrogens is 3. The van der Waals surface area contributed by atoms with E-state index in [4.69, 9.17) is 11.6 Å². The smallest absolute Gasteiger partial charge is 0.225 e. The van der Waals surface area contributed by atoms with E-state index in [1.165, 1.54) is 4.88 Å². The lowest BCUT2D eigenvalue weighted by atomic mass is 10.5. The van der Waals surface area contributed by atoms with E-state index in [9.17, 15) is 0 Å². The summed E-state index contributed by atoms with van der Waals surface area (Å²) in [5.74, 6) is 0. The van der Waals surface area contributed by atoms with Crippen molar-refractivity contribution in [1.29, 1.82) is 0 Å². The van der Waals surface area contributed by atoms with Gasteiger partial charge in [0.2, 0.25) is 5.28 Å². The second-order valence-electron chi connectivity index (χ2n) is 2.46. The molecule has 0 fully saturated rings. The van der Waals surface area contributed by atoms with Gasteiger partial charge in [-0.3, -0.25) is 4.57 Å². The van der Waals surface area contributed by atoms with Gasteiger partial charge in [-0.1, -0.05) is 0 Å². The highest BCUT2D eigenvalue weighted by molar-refractivity contribution is 9.10. The highest BCUT2D eigenvalue weighted by Crippen LogP contribution is 2.21. The van der Waals surface area contributed by atoms with Gasteiger partial charge in [-0.15, -0.1) is 21.5 Å². The van der Waals surface area contributed by atoms with Gasteiger partial charge in [-0.05, 0) is 33.6 Å². The first-order chi connectivity index (χ1) is 6.25. The topological polar surface area (TPSA) is 30.7 Å².